The van der Waals surface area contributed by atoms with E-state index in [1.54, 1.807) is 10.9 Å². The van der Waals surface area contributed by atoms with E-state index in [9.17, 15) is 0 Å². The highest BCUT2D eigenvalue weighted by Gasteiger charge is 2.03. The van der Waals surface area contributed by atoms with Crippen LogP contribution >= 0.6 is 0 Å². The fourth-order valence-electron chi connectivity index (χ4n) is 1.89. The van der Waals surface area contributed by atoms with Crippen molar-refractivity contribution in [2.75, 3.05) is 0 Å². The van der Waals surface area contributed by atoms with E-state index in [0.29, 0.717) is 0 Å². The van der Waals surface area contributed by atoms with Crippen LogP contribution in [-0.4, -0.2) is 15.0 Å². The maximum absolute atomic E-state index is 4.09. The summed E-state index contributed by atoms with van der Waals surface area (Å²) in [5.41, 5.74) is 3.22. The van der Waals surface area contributed by atoms with E-state index in [4.69, 9.17) is 0 Å². The van der Waals surface area contributed by atoms with Gasteiger partial charge in [-0.2, -0.15) is 0 Å². The zero-order valence-corrected chi connectivity index (χ0v) is 10.3. The maximum atomic E-state index is 4.09. The van der Waals surface area contributed by atoms with Gasteiger partial charge in [0.25, 0.3) is 0 Å². The summed E-state index contributed by atoms with van der Waals surface area (Å²) in [4.78, 5) is 0. The first-order valence-corrected chi connectivity index (χ1v) is 6.12. The molecule has 0 unspecified atom stereocenters. The summed E-state index contributed by atoms with van der Waals surface area (Å²) in [6, 6.07) is 20.2. The molecule has 19 heavy (non-hydrogen) atoms. The lowest BCUT2D eigenvalue weighted by atomic mass is 10.2. The third-order valence-corrected chi connectivity index (χ3v) is 2.85. The number of aromatic nitrogens is 3. The monoisotopic (exact) mass is 247 g/mol. The fraction of sp³-hybridized carbons (Fsp3) is 0. The van der Waals surface area contributed by atoms with Gasteiger partial charge in [0.05, 0.1) is 11.9 Å². The van der Waals surface area contributed by atoms with Gasteiger partial charge in [-0.05, 0) is 11.6 Å². The molecule has 0 spiro atoms. The molecule has 0 N–H and O–H groups in total. The molecule has 3 aromatic rings. The molecular formula is C16H13N3. The zero-order chi connectivity index (χ0) is 12.9. The number of nitrogens with zero attached hydrogens (tertiary/aromatic N) is 3. The van der Waals surface area contributed by atoms with E-state index in [0.717, 1.165) is 16.8 Å². The molecule has 0 aliphatic heterocycles. The van der Waals surface area contributed by atoms with Crippen LogP contribution < -0.4 is 0 Å². The molecule has 3 heteroatoms. The first-order valence-electron chi connectivity index (χ1n) is 6.12. The molecule has 0 aliphatic rings. The topological polar surface area (TPSA) is 30.7 Å². The summed E-state index contributed by atoms with van der Waals surface area (Å²) < 4.78 is 1.78. The number of hydrogen-bond acceptors (Lipinski definition) is 2. The minimum atomic E-state index is 0.979. The number of benzene rings is 2. The predicted molar refractivity (Wildman–Crippen MR) is 77.1 cm³/mol. The zero-order valence-electron chi connectivity index (χ0n) is 10.3. The number of rotatable bonds is 3. The van der Waals surface area contributed by atoms with E-state index < -0.39 is 0 Å². The van der Waals surface area contributed by atoms with Crippen molar-refractivity contribution in [2.45, 2.75) is 0 Å². The van der Waals surface area contributed by atoms with Crippen molar-refractivity contribution in [3.8, 4) is 11.3 Å². The Balaban J connectivity index is 1.91. The molecule has 2 aromatic carbocycles. The third-order valence-electron chi connectivity index (χ3n) is 2.85. The molecule has 0 saturated heterocycles. The molecule has 0 amide bonds. The number of hydrogen-bond donors (Lipinski definition) is 0. The van der Waals surface area contributed by atoms with E-state index in [1.165, 1.54) is 0 Å². The standard InChI is InChI=1S/C16H13N3/c1-3-7-14(8-4-1)11-12-19-16(13-17-18-19)15-9-5-2-6-10-15/h1-13H. The predicted octanol–water partition coefficient (Wildman–Crippen LogP) is 3.57. The van der Waals surface area contributed by atoms with Crippen LogP contribution in [0.3, 0.4) is 0 Å². The second-order valence-corrected chi connectivity index (χ2v) is 4.16. The van der Waals surface area contributed by atoms with E-state index in [1.807, 2.05) is 60.8 Å². The Morgan fingerprint density at radius 3 is 2.26 bits per heavy atom. The molecule has 0 fully saturated rings. The van der Waals surface area contributed by atoms with Crippen molar-refractivity contribution in [3.63, 3.8) is 0 Å². The summed E-state index contributed by atoms with van der Waals surface area (Å²) >= 11 is 0. The van der Waals surface area contributed by atoms with Crippen LogP contribution in [0.1, 0.15) is 5.56 Å². The second kappa shape index (κ2) is 5.31. The van der Waals surface area contributed by atoms with Crippen LogP contribution in [0.4, 0.5) is 0 Å². The smallest absolute Gasteiger partial charge is 0.0937 e. The van der Waals surface area contributed by atoms with Gasteiger partial charge in [0.1, 0.15) is 0 Å². The first kappa shape index (κ1) is 11.4. The quantitative estimate of drug-likeness (QED) is 0.708. The molecule has 0 bridgehead atoms. The summed E-state index contributed by atoms with van der Waals surface area (Å²) in [6.45, 7) is 0. The molecule has 92 valence electrons. The van der Waals surface area contributed by atoms with Gasteiger partial charge >= 0.3 is 0 Å². The molecule has 1 heterocycles. The van der Waals surface area contributed by atoms with Gasteiger partial charge in [-0.1, -0.05) is 65.9 Å². The summed E-state index contributed by atoms with van der Waals surface area (Å²) in [5.74, 6) is 0. The van der Waals surface area contributed by atoms with Gasteiger partial charge in [0.2, 0.25) is 0 Å². The summed E-state index contributed by atoms with van der Waals surface area (Å²) in [5, 5.41) is 8.06. The average molecular weight is 247 g/mol. The van der Waals surface area contributed by atoms with Gasteiger partial charge in [-0.3, -0.25) is 0 Å². The Bertz CT molecular complexity index is 669. The lowest BCUT2D eigenvalue weighted by Crippen LogP contribution is -1.92. The van der Waals surface area contributed by atoms with Crippen LogP contribution in [0.25, 0.3) is 23.5 Å². The molecule has 3 rings (SSSR count). The Kier molecular flexibility index (Phi) is 3.19. The molecule has 0 aliphatic carbocycles. The lowest BCUT2D eigenvalue weighted by molar-refractivity contribution is 0.846. The van der Waals surface area contributed by atoms with Crippen molar-refractivity contribution in [3.05, 3.63) is 72.4 Å². The van der Waals surface area contributed by atoms with Crippen molar-refractivity contribution in [2.24, 2.45) is 0 Å². The van der Waals surface area contributed by atoms with Gasteiger partial charge in [0, 0.05) is 11.8 Å². The molecule has 0 saturated carbocycles. The Hall–Kier alpha value is -2.68. The van der Waals surface area contributed by atoms with Crippen molar-refractivity contribution >= 4 is 12.3 Å². The van der Waals surface area contributed by atoms with Crippen LogP contribution in [0.15, 0.2) is 66.9 Å². The molecule has 1 aromatic heterocycles. The van der Waals surface area contributed by atoms with Crippen LogP contribution in [0, 0.1) is 0 Å². The lowest BCUT2D eigenvalue weighted by Gasteiger charge is -2.00. The normalized spacial score (nSPS) is 10.9. The minimum Gasteiger partial charge on any atom is -0.220 e. The van der Waals surface area contributed by atoms with Gasteiger partial charge in [-0.25, -0.2) is 4.68 Å². The van der Waals surface area contributed by atoms with Crippen molar-refractivity contribution in [1.82, 2.24) is 15.0 Å². The second-order valence-electron chi connectivity index (χ2n) is 4.16. The minimum absolute atomic E-state index is 0.979. The van der Waals surface area contributed by atoms with Crippen LogP contribution in [0.2, 0.25) is 0 Å². The average Bonchev–Trinajstić information content (AvgIpc) is 2.95. The van der Waals surface area contributed by atoms with Crippen LogP contribution in [0.5, 0.6) is 0 Å². The Labute approximate surface area is 111 Å². The summed E-state index contributed by atoms with van der Waals surface area (Å²) in [7, 11) is 0. The molecule has 0 radical (unpaired) electrons. The van der Waals surface area contributed by atoms with Crippen LogP contribution in [-0.2, 0) is 0 Å². The fourth-order valence-corrected chi connectivity index (χ4v) is 1.89. The van der Waals surface area contributed by atoms with Gasteiger partial charge in [-0.15, -0.1) is 5.10 Å². The highest BCUT2D eigenvalue weighted by molar-refractivity contribution is 5.66. The van der Waals surface area contributed by atoms with Gasteiger partial charge in [0.15, 0.2) is 0 Å². The SMILES string of the molecule is C(=Cn1nncc1-c1ccccc1)c1ccccc1. The maximum Gasteiger partial charge on any atom is 0.0937 e. The highest BCUT2D eigenvalue weighted by atomic mass is 15.4. The first-order chi connectivity index (χ1) is 9.43. The largest absolute Gasteiger partial charge is 0.220 e. The Morgan fingerprint density at radius 2 is 1.53 bits per heavy atom. The third kappa shape index (κ3) is 2.60. The van der Waals surface area contributed by atoms with E-state index in [2.05, 4.69) is 22.4 Å². The molecule has 0 atom stereocenters. The Morgan fingerprint density at radius 1 is 0.842 bits per heavy atom. The van der Waals surface area contributed by atoms with Crippen molar-refractivity contribution in [1.29, 1.82) is 0 Å². The molecular weight excluding hydrogens is 234 g/mol. The summed E-state index contributed by atoms with van der Waals surface area (Å²) in [6.07, 6.45) is 5.70. The highest BCUT2D eigenvalue weighted by Crippen LogP contribution is 2.17. The van der Waals surface area contributed by atoms with E-state index in [-0.39, 0.29) is 0 Å². The van der Waals surface area contributed by atoms with Gasteiger partial charge < -0.3 is 0 Å². The van der Waals surface area contributed by atoms with Crippen molar-refractivity contribution < 1.29 is 0 Å². The molecule has 3 nitrogen and oxygen atoms in total. The van der Waals surface area contributed by atoms with E-state index >= 15 is 0 Å².